The Morgan fingerprint density at radius 2 is 1.72 bits per heavy atom. The first kappa shape index (κ1) is 23.6. The second kappa shape index (κ2) is 8.65. The fourth-order valence-electron chi connectivity index (χ4n) is 8.21. The van der Waals surface area contributed by atoms with Crippen LogP contribution in [-0.2, 0) is 0 Å². The van der Waals surface area contributed by atoms with Crippen LogP contribution >= 0.6 is 0 Å². The highest BCUT2D eigenvalue weighted by molar-refractivity contribution is 6.09. The first-order chi connectivity index (χ1) is 15.2. The number of fused-ring (bicyclic) bond motifs is 5. The molecule has 32 heavy (non-hydrogen) atoms. The van der Waals surface area contributed by atoms with Crippen LogP contribution < -0.4 is 0 Å². The minimum Gasteiger partial charge on any atom is -0.411 e. The monoisotopic (exact) mass is 440 g/mol. The van der Waals surface area contributed by atoms with Gasteiger partial charge in [0, 0.05) is 0 Å². The van der Waals surface area contributed by atoms with Gasteiger partial charge in [0.1, 0.15) is 0 Å². The lowest BCUT2D eigenvalue weighted by Crippen LogP contribution is -2.53. The smallest absolute Gasteiger partial charge is 0.0836 e. The largest absolute Gasteiger partial charge is 0.411 e. The van der Waals surface area contributed by atoms with Crippen molar-refractivity contribution in [2.45, 2.75) is 86.5 Å². The van der Waals surface area contributed by atoms with Gasteiger partial charge in [-0.25, -0.2) is 0 Å². The molecule has 4 rings (SSSR count). The van der Waals surface area contributed by atoms with E-state index in [4.69, 9.17) is 0 Å². The van der Waals surface area contributed by atoms with E-state index in [2.05, 4.69) is 64.0 Å². The normalized spacial score (nSPS) is 43.8. The van der Waals surface area contributed by atoms with Crippen molar-refractivity contribution >= 4 is 11.4 Å². The maximum Gasteiger partial charge on any atom is 0.0836 e. The van der Waals surface area contributed by atoms with Gasteiger partial charge in [-0.3, -0.25) is 0 Å². The Hall–Kier alpha value is -1.58. The van der Waals surface area contributed by atoms with E-state index in [0.29, 0.717) is 40.9 Å². The van der Waals surface area contributed by atoms with Crippen molar-refractivity contribution in [1.82, 2.24) is 0 Å². The van der Waals surface area contributed by atoms with E-state index in [-0.39, 0.29) is 5.41 Å². The Balaban J connectivity index is 1.60. The van der Waals surface area contributed by atoms with Crippen LogP contribution in [0.25, 0.3) is 0 Å². The Bertz CT molecular complexity index is 840. The van der Waals surface area contributed by atoms with Gasteiger partial charge in [-0.15, -0.1) is 0 Å². The summed E-state index contributed by atoms with van der Waals surface area (Å²) in [6.45, 7) is 14.3. The van der Waals surface area contributed by atoms with Crippen molar-refractivity contribution in [3.8, 4) is 0 Å². The molecule has 4 aliphatic carbocycles. The lowest BCUT2D eigenvalue weighted by atomic mass is 9.46. The molecule has 4 heteroatoms. The Kier molecular flexibility index (Phi) is 6.37. The number of oxime groups is 2. The third-order valence-corrected chi connectivity index (χ3v) is 10.5. The van der Waals surface area contributed by atoms with Crippen LogP contribution in [0.5, 0.6) is 0 Å². The molecule has 0 heterocycles. The molecule has 8 atom stereocenters. The van der Waals surface area contributed by atoms with Crippen molar-refractivity contribution in [3.05, 3.63) is 23.8 Å². The van der Waals surface area contributed by atoms with E-state index >= 15 is 0 Å². The summed E-state index contributed by atoms with van der Waals surface area (Å²) in [6.07, 6.45) is 14.8. The van der Waals surface area contributed by atoms with Crippen molar-refractivity contribution in [1.29, 1.82) is 0 Å². The second-order valence-electron chi connectivity index (χ2n) is 12.3. The maximum atomic E-state index is 9.94. The Labute approximate surface area is 194 Å². The van der Waals surface area contributed by atoms with Gasteiger partial charge in [-0.1, -0.05) is 64.0 Å². The van der Waals surface area contributed by atoms with E-state index in [1.807, 2.05) is 6.08 Å². The van der Waals surface area contributed by atoms with Gasteiger partial charge in [0.05, 0.1) is 11.4 Å². The summed E-state index contributed by atoms with van der Waals surface area (Å²) < 4.78 is 0. The topological polar surface area (TPSA) is 65.2 Å². The van der Waals surface area contributed by atoms with Crippen LogP contribution in [-0.4, -0.2) is 21.8 Å². The molecule has 0 aliphatic heterocycles. The summed E-state index contributed by atoms with van der Waals surface area (Å²) in [5, 5.41) is 26.5. The molecular weight excluding hydrogens is 396 g/mol. The highest BCUT2D eigenvalue weighted by atomic mass is 16.4. The molecule has 0 saturated heterocycles. The summed E-state index contributed by atoms with van der Waals surface area (Å²) in [5.74, 6) is 4.59. The molecular formula is C28H44N2O2. The van der Waals surface area contributed by atoms with Gasteiger partial charge in [-0.05, 0) is 109 Å². The molecule has 0 spiro atoms. The Morgan fingerprint density at radius 3 is 2.38 bits per heavy atom. The van der Waals surface area contributed by atoms with Gasteiger partial charge in [-0.2, -0.15) is 0 Å². The lowest BCUT2D eigenvalue weighted by Gasteiger charge is -2.58. The van der Waals surface area contributed by atoms with Gasteiger partial charge in [0.2, 0.25) is 0 Å². The number of allylic oxidation sites excluding steroid dienone is 4. The van der Waals surface area contributed by atoms with E-state index < -0.39 is 0 Å². The summed E-state index contributed by atoms with van der Waals surface area (Å²) in [5.41, 5.74) is 3.07. The molecule has 0 aromatic heterocycles. The highest BCUT2D eigenvalue weighted by Gasteiger charge is 2.60. The third-order valence-electron chi connectivity index (χ3n) is 10.5. The fourth-order valence-corrected chi connectivity index (χ4v) is 8.21. The minimum absolute atomic E-state index is 0.0241. The fraction of sp³-hybridized carbons (Fsp3) is 0.786. The SMILES string of the molecule is CC(C)C(C)/C=C/[C@@H](C)C1CCC2C3C/C(=N\O)C4=C/C(=N/O)CCC4(C)C3CCC21C. The van der Waals surface area contributed by atoms with Crippen LogP contribution in [0, 0.1) is 52.3 Å². The predicted octanol–water partition coefficient (Wildman–Crippen LogP) is 7.32. The molecule has 2 N–H and O–H groups in total. The molecule has 3 fully saturated rings. The van der Waals surface area contributed by atoms with Crippen LogP contribution in [0.2, 0.25) is 0 Å². The first-order valence-electron chi connectivity index (χ1n) is 13.0. The highest BCUT2D eigenvalue weighted by Crippen LogP contribution is 2.67. The zero-order chi connectivity index (χ0) is 23.3. The summed E-state index contributed by atoms with van der Waals surface area (Å²) in [6, 6.07) is 0. The molecule has 0 amide bonds. The number of hydrogen-bond donors (Lipinski definition) is 2. The quantitative estimate of drug-likeness (QED) is 0.273. The van der Waals surface area contributed by atoms with E-state index in [1.54, 1.807) is 0 Å². The molecule has 4 aliphatic rings. The minimum atomic E-state index is 0.0241. The molecule has 0 aromatic rings. The van der Waals surface area contributed by atoms with Crippen molar-refractivity contribution < 1.29 is 10.4 Å². The summed E-state index contributed by atoms with van der Waals surface area (Å²) in [7, 11) is 0. The molecule has 0 aromatic carbocycles. The van der Waals surface area contributed by atoms with E-state index in [1.165, 1.54) is 25.7 Å². The molecule has 3 saturated carbocycles. The van der Waals surface area contributed by atoms with Crippen LogP contribution in [0.15, 0.2) is 34.1 Å². The number of rotatable bonds is 4. The average molecular weight is 441 g/mol. The van der Waals surface area contributed by atoms with Crippen LogP contribution in [0.4, 0.5) is 0 Å². The van der Waals surface area contributed by atoms with Crippen LogP contribution in [0.3, 0.4) is 0 Å². The molecule has 4 nitrogen and oxygen atoms in total. The molecule has 7 unspecified atom stereocenters. The van der Waals surface area contributed by atoms with Crippen molar-refractivity contribution in [3.63, 3.8) is 0 Å². The molecule has 0 bridgehead atoms. The summed E-state index contributed by atoms with van der Waals surface area (Å²) in [4.78, 5) is 0. The third kappa shape index (κ3) is 3.66. The number of nitrogens with zero attached hydrogens (tertiary/aromatic N) is 2. The average Bonchev–Trinajstić information content (AvgIpc) is 3.13. The van der Waals surface area contributed by atoms with Gasteiger partial charge < -0.3 is 10.4 Å². The van der Waals surface area contributed by atoms with Gasteiger partial charge >= 0.3 is 0 Å². The van der Waals surface area contributed by atoms with Gasteiger partial charge in [0.25, 0.3) is 0 Å². The Morgan fingerprint density at radius 1 is 0.969 bits per heavy atom. The van der Waals surface area contributed by atoms with E-state index in [0.717, 1.165) is 42.2 Å². The van der Waals surface area contributed by atoms with Gasteiger partial charge in [0.15, 0.2) is 0 Å². The lowest BCUT2D eigenvalue weighted by molar-refractivity contribution is -0.0384. The number of hydrogen-bond acceptors (Lipinski definition) is 4. The van der Waals surface area contributed by atoms with Crippen molar-refractivity contribution in [2.24, 2.45) is 62.6 Å². The van der Waals surface area contributed by atoms with Crippen LogP contribution in [0.1, 0.15) is 86.5 Å². The zero-order valence-electron chi connectivity index (χ0n) is 21.0. The molecule has 0 radical (unpaired) electrons. The first-order valence-corrected chi connectivity index (χ1v) is 13.0. The molecule has 178 valence electrons. The van der Waals surface area contributed by atoms with Crippen molar-refractivity contribution in [2.75, 3.05) is 0 Å². The second-order valence-corrected chi connectivity index (χ2v) is 12.3. The zero-order valence-corrected chi connectivity index (χ0v) is 21.0. The summed E-state index contributed by atoms with van der Waals surface area (Å²) >= 11 is 0. The van der Waals surface area contributed by atoms with E-state index in [9.17, 15) is 10.4 Å². The standard InChI is InChI=1S/C28H44N2O2/c1-17(2)18(3)7-8-19(4)22-9-10-23-21-16-26(30-32)25-15-20(29-31)11-13-28(25,6)24(21)12-14-27(22,23)5/h7-8,15,17-19,21-24,31-32H,9-14,16H2,1-6H3/b8-7+,29-20+,30-26+/t18?,19-,21?,22?,23?,24?,27?,28?/m1/s1. The maximum absolute atomic E-state index is 9.94. The predicted molar refractivity (Wildman–Crippen MR) is 131 cm³/mol.